The molecule has 3 rings (SSSR count). The van der Waals surface area contributed by atoms with Crippen LogP contribution in [0.2, 0.25) is 0 Å². The number of nitrogens with two attached hydrogens (primary N) is 1. The number of benzene rings is 1. The number of nitrogen functional groups attached to an aromatic ring is 1. The van der Waals surface area contributed by atoms with Crippen molar-refractivity contribution in [2.24, 2.45) is 0 Å². The molecular weight excluding hydrogens is 272 g/mol. The minimum absolute atomic E-state index is 0.201. The van der Waals surface area contributed by atoms with Gasteiger partial charge in [-0.05, 0) is 31.2 Å². The van der Waals surface area contributed by atoms with Gasteiger partial charge in [-0.2, -0.15) is 0 Å². The molecule has 0 aliphatic heterocycles. The fourth-order valence-electron chi connectivity index (χ4n) is 2.02. The molecule has 0 spiro atoms. The van der Waals surface area contributed by atoms with E-state index in [2.05, 4.69) is 15.3 Å². The van der Waals surface area contributed by atoms with E-state index in [9.17, 15) is 4.79 Å². The number of nitrogens with one attached hydrogen (secondary N) is 1. The summed E-state index contributed by atoms with van der Waals surface area (Å²) in [4.78, 5) is 21.1. The average molecular weight is 284 g/mol. The first-order valence-electron chi connectivity index (χ1n) is 6.03. The number of hydrogen-bond donors (Lipinski definition) is 2. The summed E-state index contributed by atoms with van der Waals surface area (Å²) in [7, 11) is 0. The van der Waals surface area contributed by atoms with Crippen molar-refractivity contribution in [3.05, 3.63) is 47.1 Å². The van der Waals surface area contributed by atoms with Crippen LogP contribution in [0.1, 0.15) is 15.4 Å². The lowest BCUT2D eigenvalue weighted by atomic mass is 10.2. The van der Waals surface area contributed by atoms with Crippen LogP contribution in [-0.2, 0) is 0 Å². The number of anilines is 2. The van der Waals surface area contributed by atoms with Gasteiger partial charge < -0.3 is 11.1 Å². The minimum Gasteiger partial charge on any atom is -0.375 e. The Morgan fingerprint density at radius 2 is 2.15 bits per heavy atom. The fourth-order valence-corrected chi connectivity index (χ4v) is 2.75. The maximum atomic E-state index is 12.3. The van der Waals surface area contributed by atoms with Gasteiger partial charge in [-0.25, -0.2) is 4.98 Å². The van der Waals surface area contributed by atoms with Crippen molar-refractivity contribution in [3.63, 3.8) is 0 Å². The first-order chi connectivity index (χ1) is 9.65. The summed E-state index contributed by atoms with van der Waals surface area (Å²) >= 11 is 1.19. The molecule has 0 fully saturated rings. The van der Waals surface area contributed by atoms with Gasteiger partial charge in [-0.1, -0.05) is 17.4 Å². The zero-order chi connectivity index (χ0) is 14.1. The van der Waals surface area contributed by atoms with Crippen LogP contribution in [0.3, 0.4) is 0 Å². The number of rotatable bonds is 2. The van der Waals surface area contributed by atoms with Crippen LogP contribution < -0.4 is 11.1 Å². The van der Waals surface area contributed by atoms with Gasteiger partial charge in [0.05, 0.1) is 16.9 Å². The molecule has 2 aromatic heterocycles. The Labute approximate surface area is 119 Å². The fraction of sp³-hybridized carbons (Fsp3) is 0.0714. The Kier molecular flexibility index (Phi) is 3.08. The highest BCUT2D eigenvalue weighted by Gasteiger charge is 2.15. The van der Waals surface area contributed by atoms with E-state index < -0.39 is 0 Å². The Hall–Kier alpha value is -2.47. The van der Waals surface area contributed by atoms with Crippen LogP contribution in [0.25, 0.3) is 10.9 Å². The number of carbonyl (C=O) groups excluding carboxylic acids is 1. The van der Waals surface area contributed by atoms with Gasteiger partial charge in [-0.15, -0.1) is 0 Å². The summed E-state index contributed by atoms with van der Waals surface area (Å²) < 4.78 is 0. The number of pyridine rings is 1. The average Bonchev–Trinajstić information content (AvgIpc) is 2.78. The highest BCUT2D eigenvalue weighted by molar-refractivity contribution is 7.17. The quantitative estimate of drug-likeness (QED) is 0.758. The first kappa shape index (κ1) is 12.6. The van der Waals surface area contributed by atoms with E-state index in [1.54, 1.807) is 13.1 Å². The van der Waals surface area contributed by atoms with Crippen molar-refractivity contribution in [1.82, 2.24) is 9.97 Å². The Balaban J connectivity index is 1.97. The highest BCUT2D eigenvalue weighted by Crippen LogP contribution is 2.24. The van der Waals surface area contributed by atoms with Crippen LogP contribution in [0.15, 0.2) is 36.5 Å². The molecule has 0 bridgehead atoms. The standard InChI is InChI=1S/C14H12N4OS/c1-8-12(20-14(15)17-8)13(19)18-11-6-2-5-10-9(11)4-3-7-16-10/h2-7H,1H3,(H2,15,17)(H,18,19). The van der Waals surface area contributed by atoms with Crippen molar-refractivity contribution in [2.75, 3.05) is 11.1 Å². The summed E-state index contributed by atoms with van der Waals surface area (Å²) in [6.45, 7) is 1.77. The third-order valence-corrected chi connectivity index (χ3v) is 3.90. The van der Waals surface area contributed by atoms with Gasteiger partial charge in [0.15, 0.2) is 5.13 Å². The Bertz CT molecular complexity index is 791. The third kappa shape index (κ3) is 2.21. The van der Waals surface area contributed by atoms with Crippen molar-refractivity contribution in [1.29, 1.82) is 0 Å². The molecule has 100 valence electrons. The SMILES string of the molecule is Cc1nc(N)sc1C(=O)Nc1cccc2ncccc12. The molecule has 1 aromatic carbocycles. The highest BCUT2D eigenvalue weighted by atomic mass is 32.1. The molecule has 2 heterocycles. The second kappa shape index (κ2) is 4.90. The molecule has 0 aliphatic rings. The van der Waals surface area contributed by atoms with Crippen LogP contribution >= 0.6 is 11.3 Å². The predicted molar refractivity (Wildman–Crippen MR) is 81.0 cm³/mol. The molecule has 0 atom stereocenters. The van der Waals surface area contributed by atoms with Crippen LogP contribution in [0.4, 0.5) is 10.8 Å². The van der Waals surface area contributed by atoms with Gasteiger partial charge >= 0.3 is 0 Å². The number of amides is 1. The maximum absolute atomic E-state index is 12.3. The van der Waals surface area contributed by atoms with Crippen molar-refractivity contribution in [3.8, 4) is 0 Å². The maximum Gasteiger partial charge on any atom is 0.267 e. The number of thiazole rings is 1. The zero-order valence-electron chi connectivity index (χ0n) is 10.8. The molecule has 0 unspecified atom stereocenters. The second-order valence-electron chi connectivity index (χ2n) is 4.30. The number of fused-ring (bicyclic) bond motifs is 1. The largest absolute Gasteiger partial charge is 0.375 e. The van der Waals surface area contributed by atoms with E-state index in [1.165, 1.54) is 11.3 Å². The summed E-state index contributed by atoms with van der Waals surface area (Å²) in [5.74, 6) is -0.201. The molecule has 3 aromatic rings. The Morgan fingerprint density at radius 1 is 1.30 bits per heavy atom. The van der Waals surface area contributed by atoms with E-state index in [0.717, 1.165) is 16.6 Å². The normalized spacial score (nSPS) is 10.7. The summed E-state index contributed by atoms with van der Waals surface area (Å²) in [6.07, 6.45) is 1.72. The second-order valence-corrected chi connectivity index (χ2v) is 5.33. The topological polar surface area (TPSA) is 80.9 Å². The number of carbonyl (C=O) groups is 1. The zero-order valence-corrected chi connectivity index (χ0v) is 11.6. The summed E-state index contributed by atoms with van der Waals surface area (Å²) in [5.41, 5.74) is 7.83. The smallest absolute Gasteiger partial charge is 0.267 e. The van der Waals surface area contributed by atoms with E-state index in [0.29, 0.717) is 15.7 Å². The third-order valence-electron chi connectivity index (χ3n) is 2.91. The molecule has 6 heteroatoms. The number of aromatic nitrogens is 2. The van der Waals surface area contributed by atoms with Gasteiger partial charge in [-0.3, -0.25) is 9.78 Å². The van der Waals surface area contributed by atoms with E-state index in [1.807, 2.05) is 30.3 Å². The van der Waals surface area contributed by atoms with Crippen LogP contribution in [0, 0.1) is 6.92 Å². The number of aryl methyl sites for hydroxylation is 1. The summed E-state index contributed by atoms with van der Waals surface area (Å²) in [6, 6.07) is 9.38. The molecule has 5 nitrogen and oxygen atoms in total. The van der Waals surface area contributed by atoms with Gasteiger partial charge in [0.25, 0.3) is 5.91 Å². The van der Waals surface area contributed by atoms with Gasteiger partial charge in [0, 0.05) is 11.6 Å². The molecule has 0 saturated heterocycles. The lowest BCUT2D eigenvalue weighted by Crippen LogP contribution is -2.11. The molecule has 0 saturated carbocycles. The van der Waals surface area contributed by atoms with Crippen molar-refractivity contribution in [2.45, 2.75) is 6.92 Å². The predicted octanol–water partition coefficient (Wildman–Crippen LogP) is 2.83. The van der Waals surface area contributed by atoms with Crippen LogP contribution in [0.5, 0.6) is 0 Å². The number of hydrogen-bond acceptors (Lipinski definition) is 5. The summed E-state index contributed by atoms with van der Waals surface area (Å²) in [5, 5.41) is 4.19. The first-order valence-corrected chi connectivity index (χ1v) is 6.85. The molecule has 0 aliphatic carbocycles. The van der Waals surface area contributed by atoms with Crippen molar-refractivity contribution < 1.29 is 4.79 Å². The molecule has 20 heavy (non-hydrogen) atoms. The van der Waals surface area contributed by atoms with E-state index in [-0.39, 0.29) is 5.91 Å². The Morgan fingerprint density at radius 3 is 2.90 bits per heavy atom. The van der Waals surface area contributed by atoms with E-state index >= 15 is 0 Å². The van der Waals surface area contributed by atoms with Crippen molar-refractivity contribution >= 4 is 39.0 Å². The van der Waals surface area contributed by atoms with E-state index in [4.69, 9.17) is 5.73 Å². The van der Waals surface area contributed by atoms with Crippen LogP contribution in [-0.4, -0.2) is 15.9 Å². The molecule has 1 amide bonds. The monoisotopic (exact) mass is 284 g/mol. The number of nitrogens with zero attached hydrogens (tertiary/aromatic N) is 2. The minimum atomic E-state index is -0.201. The molecular formula is C14H12N4OS. The molecule has 3 N–H and O–H groups in total. The lowest BCUT2D eigenvalue weighted by Gasteiger charge is -2.07. The molecule has 0 radical (unpaired) electrons. The van der Waals surface area contributed by atoms with Gasteiger partial charge in [0.2, 0.25) is 0 Å². The van der Waals surface area contributed by atoms with Gasteiger partial charge in [0.1, 0.15) is 4.88 Å². The lowest BCUT2D eigenvalue weighted by molar-refractivity contribution is 0.103.